The summed E-state index contributed by atoms with van der Waals surface area (Å²) in [6.45, 7) is 1.95. The van der Waals surface area contributed by atoms with Gasteiger partial charge < -0.3 is 5.32 Å². The maximum atomic E-state index is 12.1. The Morgan fingerprint density at radius 3 is 2.50 bits per heavy atom. The van der Waals surface area contributed by atoms with E-state index in [-0.39, 0.29) is 18.9 Å². The number of hydrogen-bond donors (Lipinski definition) is 1. The minimum absolute atomic E-state index is 0.0352. The normalized spacial score (nSPS) is 11.1. The summed E-state index contributed by atoms with van der Waals surface area (Å²) < 4.78 is 25.3. The molecule has 0 atom stereocenters. The zero-order chi connectivity index (χ0) is 17.7. The maximum absolute atomic E-state index is 12.1. The minimum atomic E-state index is -3.48. The van der Waals surface area contributed by atoms with E-state index in [4.69, 9.17) is 11.6 Å². The highest BCUT2D eigenvalue weighted by Crippen LogP contribution is 2.20. The van der Waals surface area contributed by atoms with Crippen LogP contribution in [0.2, 0.25) is 5.02 Å². The van der Waals surface area contributed by atoms with E-state index in [1.165, 1.54) is 4.31 Å². The van der Waals surface area contributed by atoms with Crippen LogP contribution in [0.25, 0.3) is 0 Å². The van der Waals surface area contributed by atoms with Crippen LogP contribution in [0, 0.1) is 6.92 Å². The summed E-state index contributed by atoms with van der Waals surface area (Å²) in [5.74, 6) is -0.279. The van der Waals surface area contributed by atoms with Crippen LogP contribution < -0.4 is 9.62 Å². The molecule has 0 fully saturated rings. The van der Waals surface area contributed by atoms with Crippen molar-refractivity contribution in [3.8, 4) is 0 Å². The van der Waals surface area contributed by atoms with Gasteiger partial charge in [0.1, 0.15) is 0 Å². The van der Waals surface area contributed by atoms with Crippen molar-refractivity contribution >= 4 is 38.9 Å². The molecular weight excluding hydrogens is 348 g/mol. The first-order valence-corrected chi connectivity index (χ1v) is 9.58. The van der Waals surface area contributed by atoms with Gasteiger partial charge in [-0.3, -0.25) is 9.10 Å². The number of aryl methyl sites for hydroxylation is 1. The molecule has 128 valence electrons. The summed E-state index contributed by atoms with van der Waals surface area (Å²) in [7, 11) is -3.48. The summed E-state index contributed by atoms with van der Waals surface area (Å²) in [6.07, 6.45) is 1.16. The molecule has 0 saturated heterocycles. The maximum Gasteiger partial charge on any atom is 0.232 e. The lowest BCUT2D eigenvalue weighted by Crippen LogP contribution is -2.33. The van der Waals surface area contributed by atoms with Gasteiger partial charge in [-0.25, -0.2) is 8.42 Å². The number of nitrogens with zero attached hydrogens (tertiary/aromatic N) is 1. The van der Waals surface area contributed by atoms with Gasteiger partial charge in [0.15, 0.2) is 0 Å². The largest absolute Gasteiger partial charge is 0.326 e. The lowest BCUT2D eigenvalue weighted by Gasteiger charge is -2.22. The summed E-state index contributed by atoms with van der Waals surface area (Å²) in [5.41, 5.74) is 2.08. The van der Waals surface area contributed by atoms with E-state index in [0.717, 1.165) is 11.8 Å². The first-order chi connectivity index (χ1) is 11.3. The number of carbonyl (C=O) groups excluding carboxylic acids is 1. The van der Waals surface area contributed by atoms with Gasteiger partial charge in [-0.1, -0.05) is 29.8 Å². The highest BCUT2D eigenvalue weighted by molar-refractivity contribution is 7.92. The molecule has 0 aliphatic heterocycles. The number of benzene rings is 2. The van der Waals surface area contributed by atoms with Gasteiger partial charge in [0, 0.05) is 23.7 Å². The molecule has 0 aliphatic carbocycles. The molecule has 2 aromatic rings. The predicted molar refractivity (Wildman–Crippen MR) is 98.1 cm³/mol. The average molecular weight is 367 g/mol. The van der Waals surface area contributed by atoms with Crippen LogP contribution in [0.4, 0.5) is 11.4 Å². The van der Waals surface area contributed by atoms with Crippen molar-refractivity contribution < 1.29 is 13.2 Å². The Morgan fingerprint density at radius 1 is 1.17 bits per heavy atom. The van der Waals surface area contributed by atoms with Crippen LogP contribution in [0.15, 0.2) is 48.5 Å². The predicted octanol–water partition coefficient (Wildman–Crippen LogP) is 3.44. The summed E-state index contributed by atoms with van der Waals surface area (Å²) in [5, 5.41) is 3.23. The van der Waals surface area contributed by atoms with Crippen molar-refractivity contribution in [3.63, 3.8) is 0 Å². The number of sulfonamides is 1. The minimum Gasteiger partial charge on any atom is -0.326 e. The number of rotatable bonds is 6. The van der Waals surface area contributed by atoms with E-state index < -0.39 is 10.0 Å². The Hall–Kier alpha value is -2.05. The fraction of sp³-hybridized carbons (Fsp3) is 0.235. The van der Waals surface area contributed by atoms with Crippen LogP contribution >= 0.6 is 11.6 Å². The lowest BCUT2D eigenvalue weighted by molar-refractivity contribution is -0.116. The van der Waals surface area contributed by atoms with E-state index in [1.54, 1.807) is 42.5 Å². The summed E-state index contributed by atoms with van der Waals surface area (Å²) >= 11 is 5.87. The first kappa shape index (κ1) is 18.3. The van der Waals surface area contributed by atoms with Crippen molar-refractivity contribution in [2.45, 2.75) is 13.3 Å². The molecule has 0 spiro atoms. The van der Waals surface area contributed by atoms with Gasteiger partial charge in [0.25, 0.3) is 0 Å². The first-order valence-electron chi connectivity index (χ1n) is 7.35. The van der Waals surface area contributed by atoms with E-state index in [1.807, 2.05) is 13.0 Å². The number of nitrogens with one attached hydrogen (secondary N) is 1. The van der Waals surface area contributed by atoms with E-state index >= 15 is 0 Å². The lowest BCUT2D eigenvalue weighted by atomic mass is 10.2. The molecule has 24 heavy (non-hydrogen) atoms. The standard InChI is InChI=1S/C17H19ClN2O3S/c1-13-5-3-8-16(11-13)20(24(2,22)23)10-9-17(21)19-15-7-4-6-14(18)12-15/h3-8,11-12H,9-10H2,1-2H3,(H,19,21). The zero-order valence-electron chi connectivity index (χ0n) is 13.5. The van der Waals surface area contributed by atoms with Crippen molar-refractivity contribution in [2.24, 2.45) is 0 Å². The van der Waals surface area contributed by atoms with Gasteiger partial charge in [0.05, 0.1) is 11.9 Å². The molecule has 2 aromatic carbocycles. The van der Waals surface area contributed by atoms with Gasteiger partial charge >= 0.3 is 0 Å². The molecule has 0 heterocycles. The Balaban J connectivity index is 2.07. The second-order valence-corrected chi connectivity index (χ2v) is 7.83. The van der Waals surface area contributed by atoms with Crippen LogP contribution in [0.3, 0.4) is 0 Å². The molecule has 0 bridgehead atoms. The second-order valence-electron chi connectivity index (χ2n) is 5.48. The van der Waals surface area contributed by atoms with Crippen molar-refractivity contribution in [2.75, 3.05) is 22.4 Å². The molecule has 0 radical (unpaired) electrons. The fourth-order valence-electron chi connectivity index (χ4n) is 2.26. The third-order valence-electron chi connectivity index (χ3n) is 3.34. The fourth-order valence-corrected chi connectivity index (χ4v) is 3.37. The van der Waals surface area contributed by atoms with E-state index in [0.29, 0.717) is 16.4 Å². The Morgan fingerprint density at radius 2 is 1.88 bits per heavy atom. The topological polar surface area (TPSA) is 66.5 Å². The quantitative estimate of drug-likeness (QED) is 0.851. The number of halogens is 1. The molecule has 7 heteroatoms. The number of hydrogen-bond acceptors (Lipinski definition) is 3. The SMILES string of the molecule is Cc1cccc(N(CCC(=O)Nc2cccc(Cl)c2)S(C)(=O)=O)c1. The second kappa shape index (κ2) is 7.68. The number of amides is 1. The molecule has 0 aliphatic rings. The van der Waals surface area contributed by atoms with Crippen molar-refractivity contribution in [3.05, 3.63) is 59.1 Å². The van der Waals surface area contributed by atoms with E-state index in [2.05, 4.69) is 5.32 Å². The van der Waals surface area contributed by atoms with Crippen LogP contribution in [-0.2, 0) is 14.8 Å². The summed E-state index contributed by atoms with van der Waals surface area (Å²) in [6, 6.07) is 13.9. The Bertz CT molecular complexity index is 837. The molecule has 5 nitrogen and oxygen atoms in total. The van der Waals surface area contributed by atoms with Gasteiger partial charge in [0.2, 0.25) is 15.9 Å². The molecule has 2 rings (SSSR count). The van der Waals surface area contributed by atoms with Crippen molar-refractivity contribution in [1.29, 1.82) is 0 Å². The average Bonchev–Trinajstić information content (AvgIpc) is 2.46. The molecule has 0 aromatic heterocycles. The zero-order valence-corrected chi connectivity index (χ0v) is 15.1. The molecule has 0 saturated carbocycles. The van der Waals surface area contributed by atoms with Gasteiger partial charge in [-0.05, 0) is 42.8 Å². The third-order valence-corrected chi connectivity index (χ3v) is 4.77. The number of carbonyl (C=O) groups is 1. The highest BCUT2D eigenvalue weighted by Gasteiger charge is 2.18. The van der Waals surface area contributed by atoms with E-state index in [9.17, 15) is 13.2 Å². The monoisotopic (exact) mass is 366 g/mol. The summed E-state index contributed by atoms with van der Waals surface area (Å²) in [4.78, 5) is 12.1. The Kier molecular flexibility index (Phi) is 5.85. The highest BCUT2D eigenvalue weighted by atomic mass is 35.5. The van der Waals surface area contributed by atoms with Gasteiger partial charge in [-0.2, -0.15) is 0 Å². The molecular formula is C17H19ClN2O3S. The van der Waals surface area contributed by atoms with Crippen LogP contribution in [0.1, 0.15) is 12.0 Å². The van der Waals surface area contributed by atoms with Gasteiger partial charge in [-0.15, -0.1) is 0 Å². The molecule has 1 amide bonds. The smallest absolute Gasteiger partial charge is 0.232 e. The molecule has 0 unspecified atom stereocenters. The van der Waals surface area contributed by atoms with Crippen molar-refractivity contribution in [1.82, 2.24) is 0 Å². The van der Waals surface area contributed by atoms with Crippen LogP contribution in [-0.4, -0.2) is 27.1 Å². The van der Waals surface area contributed by atoms with Crippen LogP contribution in [0.5, 0.6) is 0 Å². The third kappa shape index (κ3) is 5.25. The Labute approximate surface area is 147 Å². The molecule has 1 N–H and O–H groups in total. The number of anilines is 2.